The molecule has 0 fully saturated rings. The minimum atomic E-state index is -0.638. The highest BCUT2D eigenvalue weighted by molar-refractivity contribution is 6.63. The molecule has 2 atom stereocenters. The molecule has 1 N–H and O–H groups in total. The Balaban J connectivity index is 0.549. The van der Waals surface area contributed by atoms with Gasteiger partial charge in [0.2, 0.25) is 0 Å². The van der Waals surface area contributed by atoms with E-state index in [1.807, 2.05) is 0 Å². The molecule has 11 aromatic carbocycles. The van der Waals surface area contributed by atoms with Crippen LogP contribution in [-0.2, 0) is 165 Å². The van der Waals surface area contributed by atoms with Crippen LogP contribution in [0, 0.1) is 0 Å². The lowest BCUT2D eigenvalue weighted by Crippen LogP contribution is -2.20. The Morgan fingerprint density at radius 1 is 0.290 bits per heavy atom. The fourth-order valence-electron chi connectivity index (χ4n) is 12.9. The molecule has 5 aliphatic carbocycles. The molecule has 0 heterocycles. The van der Waals surface area contributed by atoms with Crippen LogP contribution in [0.4, 0.5) is 0 Å². The van der Waals surface area contributed by atoms with Crippen LogP contribution < -0.4 is 5.22 Å². The molecular weight excluding hydrogens is 948 g/mol. The maximum Gasteiger partial charge on any atom is 0.132 e. The first kappa shape index (κ1) is 40.1. The summed E-state index contributed by atoms with van der Waals surface area (Å²) in [5, 5.41) is 142. The van der Waals surface area contributed by atoms with E-state index in [0.717, 1.165) is 24.8 Å². The zero-order valence-electron chi connectivity index (χ0n) is 32.9. The van der Waals surface area contributed by atoms with Crippen molar-refractivity contribution in [1.29, 1.82) is 0 Å². The van der Waals surface area contributed by atoms with Gasteiger partial charge in [0, 0.05) is 66.4 Å². The topological polar surface area (TPSA) is 288 Å². The van der Waals surface area contributed by atoms with E-state index in [9.17, 15) is 0 Å². The normalized spacial score (nSPS) is 17.5. The number of benzene rings is 6. The van der Waals surface area contributed by atoms with Crippen molar-refractivity contribution < 1.29 is 151 Å². The van der Waals surface area contributed by atoms with Crippen molar-refractivity contribution >= 4 is 114 Å². The van der Waals surface area contributed by atoms with Gasteiger partial charge in [0.25, 0.3) is 0 Å². The van der Waals surface area contributed by atoms with E-state index in [0.29, 0.717) is 0 Å². The first-order valence-corrected chi connectivity index (χ1v) is 19.8. The van der Waals surface area contributed by atoms with Gasteiger partial charge in [-0.15, -0.1) is 0 Å². The molecule has 30 heteroatoms. The molecule has 16 rings (SSSR count). The van der Waals surface area contributed by atoms with Crippen LogP contribution in [0.15, 0.2) is 24.3 Å². The summed E-state index contributed by atoms with van der Waals surface area (Å²) in [4.78, 5) is 6.14. The Kier molecular flexibility index (Phi) is 8.84. The Labute approximate surface area is 370 Å². The Morgan fingerprint density at radius 2 is 0.594 bits per heavy atom. The zero-order valence-corrected chi connectivity index (χ0v) is 32.9. The lowest BCUT2D eigenvalue weighted by atomic mass is 9.78. The maximum absolute atomic E-state index is 7.66. The Hall–Kier alpha value is -5.62. The smallest absolute Gasteiger partial charge is 0.132 e. The van der Waals surface area contributed by atoms with Crippen molar-refractivity contribution in [2.45, 2.75) is 31.3 Å². The van der Waals surface area contributed by atoms with E-state index >= 15 is 0 Å². The van der Waals surface area contributed by atoms with Gasteiger partial charge in [-0.1, -0.05) is 30.3 Å². The molecule has 0 aromatic heterocycles. The summed E-state index contributed by atoms with van der Waals surface area (Å²) in [5.74, 6) is -0.231. The molecule has 69 heavy (non-hydrogen) atoms. The minimum absolute atomic E-state index is 0.231. The van der Waals surface area contributed by atoms with E-state index in [2.05, 4.69) is 161 Å². The molecule has 11 aromatic rings. The van der Waals surface area contributed by atoms with Gasteiger partial charge in [-0.3, -0.25) is 0 Å². The zero-order chi connectivity index (χ0) is 45.1. The average Bonchev–Trinajstić information content (AvgIpc) is 4.21. The number of hydrogen-bond donors (Lipinski definition) is 1. The van der Waals surface area contributed by atoms with Crippen LogP contribution in [0.2, 0.25) is 0 Å². The van der Waals surface area contributed by atoms with Crippen molar-refractivity contribution in [1.82, 2.24) is 0 Å². The summed E-state index contributed by atoms with van der Waals surface area (Å²) < 4.78 is 0. The summed E-state index contributed by atoms with van der Waals surface area (Å²) >= 11 is 0. The molecule has 0 amide bonds. The summed E-state index contributed by atoms with van der Waals surface area (Å²) in [6, 6.07) is 9.69. The molecule has 5 aliphatic rings. The molecule has 30 nitrogen and oxygen atoms in total. The second-order valence-electron chi connectivity index (χ2n) is 16.2. The van der Waals surface area contributed by atoms with E-state index < -0.39 is 6.10 Å². The number of hydrogen-bond acceptors (Lipinski definition) is 30. The molecule has 0 radical (unpaired) electrons. The fourth-order valence-corrected chi connectivity index (χ4v) is 12.9. The van der Waals surface area contributed by atoms with E-state index in [-0.39, 0.29) is 5.92 Å². The summed E-state index contributed by atoms with van der Waals surface area (Å²) in [6.07, 6.45) is 4.35. The summed E-state index contributed by atoms with van der Waals surface area (Å²) in [5.41, 5.74) is 10.6. The SMILES string of the molecule is OOOOOOOOOOOOOOOOOOOOOOOOOOOOOOC1c2cc3c4c2c2c5c6c7c(cc8c7c7c9c(cc%10c%11c%12c(cc(c%13c4c4c2c6c7c(c%119)c4c%12%13)C3)C%10)C8)=CC51. The van der Waals surface area contributed by atoms with Crippen molar-refractivity contribution in [3.63, 3.8) is 0 Å². The third kappa shape index (κ3) is 5.24. The highest BCUT2D eigenvalue weighted by atomic mass is 18.0. The lowest BCUT2D eigenvalue weighted by Gasteiger charge is -2.29. The molecule has 0 aliphatic heterocycles. The van der Waals surface area contributed by atoms with Crippen LogP contribution in [-0.4, -0.2) is 5.26 Å². The minimum Gasteiger partial charge on any atom is -0.219 e. The predicted octanol–water partition coefficient (Wildman–Crippen LogP) is 6.78. The van der Waals surface area contributed by atoms with E-state index in [1.165, 1.54) is 152 Å². The molecule has 2 unspecified atom stereocenters. The molecule has 0 spiro atoms. The van der Waals surface area contributed by atoms with Gasteiger partial charge < -0.3 is 0 Å². The van der Waals surface area contributed by atoms with Gasteiger partial charge in [0.05, 0.1) is 0 Å². The van der Waals surface area contributed by atoms with E-state index in [4.69, 9.17) is 20.2 Å². The Bertz CT molecular complexity index is 3880. The van der Waals surface area contributed by atoms with E-state index in [1.54, 1.807) is 0 Å². The van der Waals surface area contributed by atoms with Crippen LogP contribution in [0.5, 0.6) is 0 Å². The van der Waals surface area contributed by atoms with Crippen LogP contribution in [0.3, 0.4) is 0 Å². The molecule has 0 bridgehead atoms. The standard InChI is InChI=1S/C39H14O30/c40-42-44-46-48-50-52-54-56-58-60-62-64-66-68-69-67-65-63-61-59-57-55-53-51-49-47-45-43-41-39-16-8-15-6-13-3-10-1-9-2-12-4-11-5-14-7-17(39)26-31-21(14)20(11)29-23(12)27-18(9)19(10)28-24(13)30-22(15)25(16)32(26)38-36(30)34(28)33(27)35(29)37(31)38/h2-3,5,7-8,17,39-40H,1,4,6H2. The largest absolute Gasteiger partial charge is 0.219 e. The van der Waals surface area contributed by atoms with Gasteiger partial charge in [0.15, 0.2) is 0 Å². The van der Waals surface area contributed by atoms with Crippen molar-refractivity contribution in [2.75, 3.05) is 0 Å². The number of rotatable bonds is 29. The quantitative estimate of drug-likeness (QED) is 0.0219. The highest BCUT2D eigenvalue weighted by Gasteiger charge is 2.46. The molecule has 350 valence electrons. The van der Waals surface area contributed by atoms with Crippen molar-refractivity contribution in [2.24, 2.45) is 0 Å². The van der Waals surface area contributed by atoms with Gasteiger partial charge in [-0.05, 0) is 257 Å². The van der Waals surface area contributed by atoms with Gasteiger partial charge in [0.1, 0.15) is 6.10 Å². The van der Waals surface area contributed by atoms with Crippen LogP contribution >= 0.6 is 0 Å². The van der Waals surface area contributed by atoms with Crippen molar-refractivity contribution in [3.8, 4) is 0 Å². The fraction of sp³-hybridized carbons (Fsp3) is 0.128. The molecular formula is C39H14O30. The first-order chi connectivity index (χ1) is 34.3. The third-order valence-corrected chi connectivity index (χ3v) is 14.0. The second-order valence-corrected chi connectivity index (χ2v) is 16.2. The van der Waals surface area contributed by atoms with Crippen molar-refractivity contribution in [3.05, 3.63) is 74.0 Å². The monoisotopic (exact) mass is 962 g/mol. The maximum atomic E-state index is 7.66. The summed E-state index contributed by atoms with van der Waals surface area (Å²) in [7, 11) is 0. The lowest BCUT2D eigenvalue weighted by molar-refractivity contribution is -0.904. The van der Waals surface area contributed by atoms with Gasteiger partial charge in [-0.25, -0.2) is 5.26 Å². The Morgan fingerprint density at radius 3 is 1.03 bits per heavy atom. The predicted molar refractivity (Wildman–Crippen MR) is 196 cm³/mol. The highest BCUT2D eigenvalue weighted by Crippen LogP contribution is 2.68. The molecule has 0 saturated heterocycles. The van der Waals surface area contributed by atoms with Crippen LogP contribution in [0.1, 0.15) is 56.5 Å². The van der Waals surface area contributed by atoms with Crippen LogP contribution in [0.25, 0.3) is 114 Å². The first-order valence-electron chi connectivity index (χ1n) is 19.8. The summed E-state index contributed by atoms with van der Waals surface area (Å²) in [6.45, 7) is 0. The average molecular weight is 963 g/mol. The second kappa shape index (κ2) is 15.2. The van der Waals surface area contributed by atoms with Gasteiger partial charge >= 0.3 is 0 Å². The molecule has 0 saturated carbocycles. The van der Waals surface area contributed by atoms with Gasteiger partial charge in [-0.2, -0.15) is 4.89 Å². The third-order valence-electron chi connectivity index (χ3n) is 14.0.